The predicted octanol–water partition coefficient (Wildman–Crippen LogP) is 3.03. The first-order valence-corrected chi connectivity index (χ1v) is 6.10. The molecule has 0 unspecified atom stereocenters. The number of Topliss-reactive ketones (excluding diaryl/α,β-unsaturated/α-hetero) is 1. The van der Waals surface area contributed by atoms with Crippen molar-refractivity contribution in [3.8, 4) is 5.75 Å². The molecule has 0 aliphatic heterocycles. The van der Waals surface area contributed by atoms with Gasteiger partial charge < -0.3 is 9.64 Å². The number of hydrogen-bond acceptors (Lipinski definition) is 3. The molecular formula is C14H22ClNO2. The summed E-state index contributed by atoms with van der Waals surface area (Å²) >= 11 is 0. The molecule has 18 heavy (non-hydrogen) atoms. The molecular weight excluding hydrogens is 250 g/mol. The van der Waals surface area contributed by atoms with Crippen molar-refractivity contribution in [3.05, 3.63) is 29.8 Å². The molecule has 0 N–H and O–H groups in total. The summed E-state index contributed by atoms with van der Waals surface area (Å²) in [6, 6.07) is 7.29. The highest BCUT2D eigenvalue weighted by Crippen LogP contribution is 2.12. The standard InChI is InChI=1S/C14H21NO2.ClH/c1-4-15(5-2)11-10-14(16)12-6-8-13(17-3)9-7-12;/h6-9H,4-5,10-11H2,1-3H3;1H. The lowest BCUT2D eigenvalue weighted by molar-refractivity contribution is 0.0966. The van der Waals surface area contributed by atoms with Crippen LogP contribution in [0.2, 0.25) is 0 Å². The summed E-state index contributed by atoms with van der Waals surface area (Å²) in [7, 11) is 1.62. The Morgan fingerprint density at radius 1 is 1.17 bits per heavy atom. The number of nitrogens with zero attached hydrogens (tertiary/aromatic N) is 1. The van der Waals surface area contributed by atoms with Crippen LogP contribution < -0.4 is 4.74 Å². The second-order valence-corrected chi connectivity index (χ2v) is 3.93. The number of benzene rings is 1. The first-order valence-electron chi connectivity index (χ1n) is 6.10. The fourth-order valence-corrected chi connectivity index (χ4v) is 1.72. The first kappa shape index (κ1) is 16.9. The van der Waals surface area contributed by atoms with Crippen LogP contribution in [0.5, 0.6) is 5.75 Å². The number of ether oxygens (including phenoxy) is 1. The molecule has 1 aromatic carbocycles. The Labute approximate surface area is 116 Å². The maximum atomic E-state index is 11.9. The zero-order valence-electron chi connectivity index (χ0n) is 11.3. The van der Waals surface area contributed by atoms with Crippen molar-refractivity contribution >= 4 is 18.2 Å². The number of rotatable bonds is 7. The number of ketones is 1. The van der Waals surface area contributed by atoms with Gasteiger partial charge in [0, 0.05) is 18.5 Å². The van der Waals surface area contributed by atoms with Crippen LogP contribution in [-0.2, 0) is 0 Å². The Morgan fingerprint density at radius 2 is 1.72 bits per heavy atom. The van der Waals surface area contributed by atoms with Crippen molar-refractivity contribution in [1.82, 2.24) is 4.90 Å². The van der Waals surface area contributed by atoms with Crippen molar-refractivity contribution < 1.29 is 9.53 Å². The van der Waals surface area contributed by atoms with E-state index in [4.69, 9.17) is 4.74 Å². The minimum Gasteiger partial charge on any atom is -0.497 e. The van der Waals surface area contributed by atoms with E-state index in [9.17, 15) is 4.79 Å². The minimum absolute atomic E-state index is 0. The summed E-state index contributed by atoms with van der Waals surface area (Å²) in [5.41, 5.74) is 0.762. The van der Waals surface area contributed by atoms with E-state index in [1.165, 1.54) is 0 Å². The van der Waals surface area contributed by atoms with Gasteiger partial charge in [-0.2, -0.15) is 0 Å². The normalized spacial score (nSPS) is 10.0. The summed E-state index contributed by atoms with van der Waals surface area (Å²) in [4.78, 5) is 14.2. The van der Waals surface area contributed by atoms with Gasteiger partial charge >= 0.3 is 0 Å². The molecule has 0 saturated heterocycles. The van der Waals surface area contributed by atoms with Gasteiger partial charge in [0.2, 0.25) is 0 Å². The van der Waals surface area contributed by atoms with Gasteiger partial charge in [-0.15, -0.1) is 12.4 Å². The van der Waals surface area contributed by atoms with E-state index in [1.807, 2.05) is 24.3 Å². The van der Waals surface area contributed by atoms with Crippen molar-refractivity contribution in [2.24, 2.45) is 0 Å². The predicted molar refractivity (Wildman–Crippen MR) is 77.0 cm³/mol. The second-order valence-electron chi connectivity index (χ2n) is 3.93. The van der Waals surface area contributed by atoms with Crippen LogP contribution in [-0.4, -0.2) is 37.4 Å². The van der Waals surface area contributed by atoms with E-state index < -0.39 is 0 Å². The third-order valence-electron chi connectivity index (χ3n) is 2.96. The molecule has 0 heterocycles. The molecule has 1 aromatic rings. The lowest BCUT2D eigenvalue weighted by Gasteiger charge is -2.17. The van der Waals surface area contributed by atoms with Gasteiger partial charge in [0.15, 0.2) is 5.78 Å². The number of methoxy groups -OCH3 is 1. The van der Waals surface area contributed by atoms with E-state index in [0.29, 0.717) is 6.42 Å². The summed E-state index contributed by atoms with van der Waals surface area (Å²) in [5, 5.41) is 0. The molecule has 0 bridgehead atoms. The number of carbonyl (C=O) groups excluding carboxylic acids is 1. The summed E-state index contributed by atoms with van der Waals surface area (Å²) in [5.74, 6) is 0.977. The lowest BCUT2D eigenvalue weighted by atomic mass is 10.1. The average molecular weight is 272 g/mol. The third kappa shape index (κ3) is 5.07. The molecule has 0 aliphatic carbocycles. The van der Waals surface area contributed by atoms with Gasteiger partial charge in [0.05, 0.1) is 7.11 Å². The van der Waals surface area contributed by atoms with Crippen LogP contribution in [0.3, 0.4) is 0 Å². The highest BCUT2D eigenvalue weighted by molar-refractivity contribution is 5.96. The molecule has 102 valence electrons. The number of hydrogen-bond donors (Lipinski definition) is 0. The molecule has 1 rings (SSSR count). The van der Waals surface area contributed by atoms with E-state index >= 15 is 0 Å². The Kier molecular flexibility index (Phi) is 8.42. The number of halogens is 1. The van der Waals surface area contributed by atoms with Crippen molar-refractivity contribution in [1.29, 1.82) is 0 Å². The zero-order chi connectivity index (χ0) is 12.7. The van der Waals surface area contributed by atoms with Gasteiger partial charge in [-0.25, -0.2) is 0 Å². The molecule has 0 atom stereocenters. The van der Waals surface area contributed by atoms with Crippen molar-refractivity contribution in [2.75, 3.05) is 26.7 Å². The lowest BCUT2D eigenvalue weighted by Crippen LogP contribution is -2.25. The van der Waals surface area contributed by atoms with Crippen LogP contribution in [0.1, 0.15) is 30.6 Å². The third-order valence-corrected chi connectivity index (χ3v) is 2.96. The summed E-state index contributed by atoms with van der Waals surface area (Å²) < 4.78 is 5.06. The Morgan fingerprint density at radius 3 is 2.17 bits per heavy atom. The van der Waals surface area contributed by atoms with Gasteiger partial charge in [-0.1, -0.05) is 13.8 Å². The van der Waals surface area contributed by atoms with Crippen LogP contribution in [0, 0.1) is 0 Å². The maximum absolute atomic E-state index is 11.9. The molecule has 0 spiro atoms. The smallest absolute Gasteiger partial charge is 0.164 e. The largest absolute Gasteiger partial charge is 0.497 e. The maximum Gasteiger partial charge on any atom is 0.164 e. The highest BCUT2D eigenvalue weighted by atomic mass is 35.5. The summed E-state index contributed by atoms with van der Waals surface area (Å²) in [6.45, 7) is 7.04. The monoisotopic (exact) mass is 271 g/mol. The van der Waals surface area contributed by atoms with Gasteiger partial charge in [0.1, 0.15) is 5.75 Å². The van der Waals surface area contributed by atoms with Gasteiger partial charge in [-0.3, -0.25) is 4.79 Å². The van der Waals surface area contributed by atoms with E-state index in [2.05, 4.69) is 18.7 Å². The second kappa shape index (κ2) is 8.95. The molecule has 0 aliphatic rings. The molecule has 0 aromatic heterocycles. The van der Waals surface area contributed by atoms with Crippen molar-refractivity contribution in [3.63, 3.8) is 0 Å². The van der Waals surface area contributed by atoms with Crippen LogP contribution >= 0.6 is 12.4 Å². The van der Waals surface area contributed by atoms with E-state index in [0.717, 1.165) is 30.9 Å². The van der Waals surface area contributed by atoms with Crippen LogP contribution in [0.25, 0.3) is 0 Å². The molecule has 0 amide bonds. The quantitative estimate of drug-likeness (QED) is 0.714. The molecule has 3 nitrogen and oxygen atoms in total. The SMILES string of the molecule is CCN(CC)CCC(=O)c1ccc(OC)cc1.Cl. The summed E-state index contributed by atoms with van der Waals surface area (Å²) in [6.07, 6.45) is 0.577. The molecule has 4 heteroatoms. The Hall–Kier alpha value is -1.06. The van der Waals surface area contributed by atoms with Gasteiger partial charge in [0.25, 0.3) is 0 Å². The fourth-order valence-electron chi connectivity index (χ4n) is 1.72. The Bertz CT molecular complexity index is 347. The highest BCUT2D eigenvalue weighted by Gasteiger charge is 2.07. The minimum atomic E-state index is 0. The first-order chi connectivity index (χ1) is 8.21. The zero-order valence-corrected chi connectivity index (χ0v) is 12.1. The van der Waals surface area contributed by atoms with Crippen molar-refractivity contribution in [2.45, 2.75) is 20.3 Å². The van der Waals surface area contributed by atoms with Gasteiger partial charge in [-0.05, 0) is 37.4 Å². The molecule has 0 fully saturated rings. The topological polar surface area (TPSA) is 29.5 Å². The van der Waals surface area contributed by atoms with E-state index in [1.54, 1.807) is 7.11 Å². The molecule has 0 saturated carbocycles. The van der Waals surface area contributed by atoms with Crippen LogP contribution in [0.4, 0.5) is 0 Å². The number of carbonyl (C=O) groups is 1. The fraction of sp³-hybridized carbons (Fsp3) is 0.500. The molecule has 0 radical (unpaired) electrons. The van der Waals surface area contributed by atoms with E-state index in [-0.39, 0.29) is 18.2 Å². The average Bonchev–Trinajstić information content (AvgIpc) is 2.39. The van der Waals surface area contributed by atoms with Crippen LogP contribution in [0.15, 0.2) is 24.3 Å². The Balaban J connectivity index is 0.00000289.